The molecular weight excluding hydrogens is 375 g/mol. The Labute approximate surface area is 181 Å². The molecule has 0 saturated heterocycles. The fourth-order valence-corrected chi connectivity index (χ4v) is 6.25. The molecule has 0 amide bonds. The first-order valence-electron chi connectivity index (χ1n) is 11.3. The predicted molar refractivity (Wildman–Crippen MR) is 128 cm³/mol. The van der Waals surface area contributed by atoms with Gasteiger partial charge in [-0.25, -0.2) is 0 Å². The molecule has 3 heteroatoms. The lowest BCUT2D eigenvalue weighted by Crippen LogP contribution is -2.44. The minimum Gasteiger partial charge on any atom is -0.464 e. The second kappa shape index (κ2) is 10.5. The van der Waals surface area contributed by atoms with Crippen molar-refractivity contribution >= 4 is 8.58 Å². The summed E-state index contributed by atoms with van der Waals surface area (Å²) in [6, 6.07) is 8.79. The normalized spacial score (nSPS) is 25.3. The molecule has 29 heavy (non-hydrogen) atoms. The maximum atomic E-state index is 6.49. The van der Waals surface area contributed by atoms with Crippen LogP contribution in [0.3, 0.4) is 0 Å². The van der Waals surface area contributed by atoms with E-state index < -0.39 is 0 Å². The first-order chi connectivity index (χ1) is 13.6. The molecule has 5 unspecified atom stereocenters. The van der Waals surface area contributed by atoms with Gasteiger partial charge in [-0.1, -0.05) is 58.9 Å². The third kappa shape index (κ3) is 6.83. The van der Waals surface area contributed by atoms with E-state index in [1.54, 1.807) is 0 Å². The molecule has 2 rings (SSSR count). The zero-order valence-electron chi connectivity index (χ0n) is 19.8. The molecule has 0 aliphatic heterocycles. The summed E-state index contributed by atoms with van der Waals surface area (Å²) in [6.07, 6.45) is 5.30. The van der Waals surface area contributed by atoms with Gasteiger partial charge in [0.25, 0.3) is 0 Å². The summed E-state index contributed by atoms with van der Waals surface area (Å²) >= 11 is 0. The van der Waals surface area contributed by atoms with E-state index >= 15 is 0 Å². The average Bonchev–Trinajstić information content (AvgIpc) is 2.65. The van der Waals surface area contributed by atoms with Crippen LogP contribution in [0.2, 0.25) is 0 Å². The van der Waals surface area contributed by atoms with Gasteiger partial charge in [0, 0.05) is 17.7 Å². The Morgan fingerprint density at radius 2 is 1.86 bits per heavy atom. The number of allylic oxidation sites excluding steroid dienone is 1. The molecule has 5 atom stereocenters. The molecule has 1 saturated carbocycles. The van der Waals surface area contributed by atoms with Crippen LogP contribution in [0, 0.1) is 16.7 Å². The van der Waals surface area contributed by atoms with E-state index in [0.717, 1.165) is 40.0 Å². The topological polar surface area (TPSA) is 18.5 Å². The van der Waals surface area contributed by atoms with Gasteiger partial charge in [-0.2, -0.15) is 0 Å². The van der Waals surface area contributed by atoms with E-state index in [0.29, 0.717) is 23.6 Å². The van der Waals surface area contributed by atoms with Crippen molar-refractivity contribution in [1.29, 1.82) is 0 Å². The second-order valence-corrected chi connectivity index (χ2v) is 11.5. The fraction of sp³-hybridized carbons (Fsp3) is 0.692. The van der Waals surface area contributed by atoms with Crippen molar-refractivity contribution in [2.24, 2.45) is 16.7 Å². The second-order valence-electron chi connectivity index (χ2n) is 10.2. The fourth-order valence-electron chi connectivity index (χ4n) is 4.91. The van der Waals surface area contributed by atoms with Crippen LogP contribution in [-0.4, -0.2) is 19.6 Å². The van der Waals surface area contributed by atoms with Crippen LogP contribution < -0.4 is 4.74 Å². The molecule has 0 bridgehead atoms. The lowest BCUT2D eigenvalue weighted by Gasteiger charge is -2.45. The number of ether oxygens (including phenoxy) is 2. The number of benzene rings is 1. The minimum atomic E-state index is -0.221. The first kappa shape index (κ1) is 24.4. The van der Waals surface area contributed by atoms with Gasteiger partial charge in [0.05, 0.1) is 0 Å². The Kier molecular flexibility index (Phi) is 8.80. The Morgan fingerprint density at radius 1 is 1.21 bits per heavy atom. The van der Waals surface area contributed by atoms with Crippen LogP contribution in [0.1, 0.15) is 84.9 Å². The van der Waals surface area contributed by atoms with Crippen molar-refractivity contribution in [3.05, 3.63) is 42.0 Å². The highest BCUT2D eigenvalue weighted by atomic mass is 31.1. The van der Waals surface area contributed by atoms with Gasteiger partial charge in [-0.15, -0.1) is 8.58 Å². The molecule has 1 aliphatic carbocycles. The summed E-state index contributed by atoms with van der Waals surface area (Å²) in [7, 11) is 0.910. The average molecular weight is 419 g/mol. The molecule has 1 fully saturated rings. The summed E-state index contributed by atoms with van der Waals surface area (Å²) in [5.74, 6) is 1.55. The summed E-state index contributed by atoms with van der Waals surface area (Å²) in [4.78, 5) is 0. The smallest absolute Gasteiger partial charge is 0.205 e. The van der Waals surface area contributed by atoms with Crippen molar-refractivity contribution in [3.63, 3.8) is 0 Å². The maximum Gasteiger partial charge on any atom is 0.205 e. The Bertz CT molecular complexity index is 646. The van der Waals surface area contributed by atoms with Gasteiger partial charge in [-0.3, -0.25) is 0 Å². The van der Waals surface area contributed by atoms with Crippen LogP contribution in [0.15, 0.2) is 36.4 Å². The molecular formula is C26H43O2P. The number of rotatable bonds is 9. The first-order valence-corrected chi connectivity index (χ1v) is 12.9. The quantitative estimate of drug-likeness (QED) is 0.230. The molecule has 164 valence electrons. The van der Waals surface area contributed by atoms with Crippen LogP contribution >= 0.6 is 8.58 Å². The van der Waals surface area contributed by atoms with Crippen LogP contribution in [0.4, 0.5) is 0 Å². The molecule has 1 aromatic rings. The Hall–Kier alpha value is -0.850. The molecule has 0 N–H and O–H groups in total. The van der Waals surface area contributed by atoms with E-state index in [2.05, 4.69) is 79.1 Å². The van der Waals surface area contributed by atoms with Crippen LogP contribution in [-0.2, 0) is 4.74 Å². The van der Waals surface area contributed by atoms with Crippen molar-refractivity contribution < 1.29 is 9.47 Å². The van der Waals surface area contributed by atoms with Crippen LogP contribution in [0.25, 0.3) is 0 Å². The highest BCUT2D eigenvalue weighted by Crippen LogP contribution is 2.48. The third-order valence-electron chi connectivity index (χ3n) is 6.21. The van der Waals surface area contributed by atoms with Gasteiger partial charge in [0.1, 0.15) is 5.75 Å². The van der Waals surface area contributed by atoms with Gasteiger partial charge < -0.3 is 9.47 Å². The molecule has 1 aromatic carbocycles. The predicted octanol–water partition coefficient (Wildman–Crippen LogP) is 7.99. The van der Waals surface area contributed by atoms with Crippen LogP contribution in [0.5, 0.6) is 5.75 Å². The number of hydrogen-bond acceptors (Lipinski definition) is 2. The van der Waals surface area contributed by atoms with Gasteiger partial charge in [0.15, 0.2) is 0 Å². The summed E-state index contributed by atoms with van der Waals surface area (Å²) in [5, 5.41) is 0. The van der Waals surface area contributed by atoms with E-state index in [4.69, 9.17) is 9.47 Å². The zero-order chi connectivity index (χ0) is 21.7. The molecule has 1 aliphatic rings. The molecule has 0 radical (unpaired) electrons. The van der Waals surface area contributed by atoms with Crippen molar-refractivity contribution in [3.8, 4) is 5.75 Å². The van der Waals surface area contributed by atoms with Crippen molar-refractivity contribution in [2.45, 2.75) is 85.6 Å². The molecule has 0 spiro atoms. The van der Waals surface area contributed by atoms with E-state index in [9.17, 15) is 0 Å². The molecule has 0 heterocycles. The van der Waals surface area contributed by atoms with Gasteiger partial charge in [0.2, 0.25) is 6.29 Å². The Balaban J connectivity index is 2.19. The summed E-state index contributed by atoms with van der Waals surface area (Å²) < 4.78 is 12.7. The van der Waals surface area contributed by atoms with E-state index in [1.165, 1.54) is 17.6 Å². The summed E-state index contributed by atoms with van der Waals surface area (Å²) in [6.45, 7) is 20.9. The minimum absolute atomic E-state index is 0.0169. The third-order valence-corrected chi connectivity index (χ3v) is 7.44. The monoisotopic (exact) mass is 418 g/mol. The zero-order valence-corrected chi connectivity index (χ0v) is 20.8. The lowest BCUT2D eigenvalue weighted by molar-refractivity contribution is -0.167. The summed E-state index contributed by atoms with van der Waals surface area (Å²) in [5.41, 5.74) is 3.74. The highest BCUT2D eigenvalue weighted by molar-refractivity contribution is 7.37. The maximum absolute atomic E-state index is 6.49. The molecule has 2 nitrogen and oxygen atoms in total. The molecule has 0 aromatic heterocycles. The van der Waals surface area contributed by atoms with Crippen molar-refractivity contribution in [1.82, 2.24) is 0 Å². The standard InChI is InChI=1S/C26H43O2P/c1-9-26(16-19(3)15-20(4)17-26)24(27-10-2)28-22-13-11-21(12-14-22)23(29-8)18-25(5,6)7/h11-14,20,23-24,29H,3,9-10,15-18H2,1-2,4-8H3. The lowest BCUT2D eigenvalue weighted by atomic mass is 9.66. The largest absolute Gasteiger partial charge is 0.464 e. The van der Waals surface area contributed by atoms with Gasteiger partial charge >= 0.3 is 0 Å². The highest BCUT2D eigenvalue weighted by Gasteiger charge is 2.44. The van der Waals surface area contributed by atoms with E-state index in [-0.39, 0.29) is 11.7 Å². The SMILES string of the molecule is C=C1CC(C)CC(CC)(C(OCC)Oc2ccc(C(CC(C)(C)C)PC)cc2)C1. The van der Waals surface area contributed by atoms with E-state index in [1.807, 2.05) is 0 Å². The Morgan fingerprint density at radius 3 is 2.34 bits per heavy atom. The van der Waals surface area contributed by atoms with Gasteiger partial charge in [-0.05, 0) is 74.7 Å². The number of hydrogen-bond donors (Lipinski definition) is 0. The van der Waals surface area contributed by atoms with Crippen molar-refractivity contribution in [2.75, 3.05) is 13.3 Å².